The lowest BCUT2D eigenvalue weighted by Crippen LogP contribution is -2.10. The van der Waals surface area contributed by atoms with Crippen molar-refractivity contribution in [3.8, 4) is 22.3 Å². The van der Waals surface area contributed by atoms with Gasteiger partial charge in [0, 0.05) is 33.6 Å². The van der Waals surface area contributed by atoms with Crippen molar-refractivity contribution < 1.29 is 4.42 Å². The second kappa shape index (κ2) is 10.1. The lowest BCUT2D eigenvalue weighted by Gasteiger charge is -2.27. The van der Waals surface area contributed by atoms with E-state index in [1.807, 2.05) is 12.1 Å². The Morgan fingerprint density at radius 1 is 0.357 bits per heavy atom. The predicted molar refractivity (Wildman–Crippen MR) is 177 cm³/mol. The molecule has 0 aliphatic carbocycles. The number of benzene rings is 7. The molecule has 8 aromatic rings. The first-order valence-electron chi connectivity index (χ1n) is 14.3. The smallest absolute Gasteiger partial charge is 0.138 e. The molecule has 0 fully saturated rings. The van der Waals surface area contributed by atoms with E-state index in [-0.39, 0.29) is 0 Å². The molecule has 2 heteroatoms. The lowest BCUT2D eigenvalue weighted by molar-refractivity contribution is 0.669. The molecule has 0 saturated heterocycles. The molecule has 1 heterocycles. The van der Waals surface area contributed by atoms with Gasteiger partial charge in [0.05, 0.1) is 5.69 Å². The Bertz CT molecular complexity index is 2160. The fourth-order valence-corrected chi connectivity index (χ4v) is 6.05. The van der Waals surface area contributed by atoms with Gasteiger partial charge in [-0.15, -0.1) is 0 Å². The summed E-state index contributed by atoms with van der Waals surface area (Å²) in [5.74, 6) is 0. The van der Waals surface area contributed by atoms with E-state index in [0.29, 0.717) is 0 Å². The standard InChI is InChI=1S/C40H27NO/c1-3-11-28(12-4-1)29-19-21-30(22-20-29)31-23-25-33(26-24-31)41(32-13-5-2-6-14-32)37-27-39-40(35-16-8-7-15-34(35)37)36-17-9-10-18-38(36)42-39/h1-27H. The number of rotatable bonds is 5. The molecule has 0 bridgehead atoms. The molecule has 0 aliphatic heterocycles. The van der Waals surface area contributed by atoms with Crippen LogP contribution >= 0.6 is 0 Å². The van der Waals surface area contributed by atoms with E-state index in [2.05, 4.69) is 157 Å². The molecular weight excluding hydrogens is 510 g/mol. The van der Waals surface area contributed by atoms with E-state index in [1.165, 1.54) is 33.0 Å². The summed E-state index contributed by atoms with van der Waals surface area (Å²) in [5, 5.41) is 4.67. The van der Waals surface area contributed by atoms with E-state index in [4.69, 9.17) is 4.42 Å². The molecule has 7 aromatic carbocycles. The number of anilines is 3. The Morgan fingerprint density at radius 2 is 0.833 bits per heavy atom. The first kappa shape index (κ1) is 24.2. The third-order valence-electron chi connectivity index (χ3n) is 8.07. The van der Waals surface area contributed by atoms with E-state index in [9.17, 15) is 0 Å². The minimum atomic E-state index is 0.890. The Balaban J connectivity index is 1.26. The molecule has 0 radical (unpaired) electrons. The van der Waals surface area contributed by atoms with Crippen molar-refractivity contribution in [3.63, 3.8) is 0 Å². The maximum Gasteiger partial charge on any atom is 0.138 e. The van der Waals surface area contributed by atoms with Crippen molar-refractivity contribution in [1.29, 1.82) is 0 Å². The highest BCUT2D eigenvalue weighted by molar-refractivity contribution is 6.22. The molecule has 42 heavy (non-hydrogen) atoms. The second-order valence-corrected chi connectivity index (χ2v) is 10.6. The van der Waals surface area contributed by atoms with E-state index < -0.39 is 0 Å². The molecule has 0 atom stereocenters. The lowest BCUT2D eigenvalue weighted by atomic mass is 9.99. The summed E-state index contributed by atoms with van der Waals surface area (Å²) in [5.41, 5.74) is 9.90. The van der Waals surface area contributed by atoms with Crippen LogP contribution in [-0.2, 0) is 0 Å². The topological polar surface area (TPSA) is 16.4 Å². The Hall–Kier alpha value is -5.60. The average Bonchev–Trinajstić information content (AvgIpc) is 3.45. The monoisotopic (exact) mass is 537 g/mol. The number of fused-ring (bicyclic) bond motifs is 5. The minimum Gasteiger partial charge on any atom is -0.456 e. The van der Waals surface area contributed by atoms with Gasteiger partial charge in [0.25, 0.3) is 0 Å². The van der Waals surface area contributed by atoms with Gasteiger partial charge in [0.15, 0.2) is 0 Å². The third kappa shape index (κ3) is 4.13. The highest BCUT2D eigenvalue weighted by Crippen LogP contribution is 2.44. The molecule has 0 spiro atoms. The summed E-state index contributed by atoms with van der Waals surface area (Å²) in [6, 6.07) is 57.9. The maximum absolute atomic E-state index is 6.41. The van der Waals surface area contributed by atoms with Gasteiger partial charge in [-0.25, -0.2) is 0 Å². The average molecular weight is 538 g/mol. The molecule has 8 rings (SSSR count). The van der Waals surface area contributed by atoms with E-state index in [0.717, 1.165) is 39.0 Å². The van der Waals surface area contributed by atoms with Gasteiger partial charge in [0.1, 0.15) is 11.2 Å². The molecule has 2 nitrogen and oxygen atoms in total. The predicted octanol–water partition coefficient (Wildman–Crippen LogP) is 11.5. The fraction of sp³-hybridized carbons (Fsp3) is 0. The Kier molecular flexibility index (Phi) is 5.82. The summed E-state index contributed by atoms with van der Waals surface area (Å²) < 4.78 is 6.41. The molecule has 0 amide bonds. The van der Waals surface area contributed by atoms with Crippen molar-refractivity contribution in [1.82, 2.24) is 0 Å². The normalized spacial score (nSPS) is 11.3. The van der Waals surface area contributed by atoms with Gasteiger partial charge in [-0.3, -0.25) is 0 Å². The fourth-order valence-electron chi connectivity index (χ4n) is 6.05. The van der Waals surface area contributed by atoms with E-state index in [1.54, 1.807) is 0 Å². The number of hydrogen-bond donors (Lipinski definition) is 0. The summed E-state index contributed by atoms with van der Waals surface area (Å²) in [6.45, 7) is 0. The first-order chi connectivity index (χ1) is 20.8. The summed E-state index contributed by atoms with van der Waals surface area (Å²) >= 11 is 0. The number of nitrogens with zero attached hydrogens (tertiary/aromatic N) is 1. The molecule has 0 aliphatic rings. The van der Waals surface area contributed by atoms with Crippen molar-refractivity contribution >= 4 is 49.8 Å². The zero-order chi connectivity index (χ0) is 27.9. The van der Waals surface area contributed by atoms with Crippen LogP contribution < -0.4 is 4.90 Å². The number of furan rings is 1. The van der Waals surface area contributed by atoms with Gasteiger partial charge in [-0.2, -0.15) is 0 Å². The third-order valence-corrected chi connectivity index (χ3v) is 8.07. The van der Waals surface area contributed by atoms with Crippen molar-refractivity contribution in [3.05, 3.63) is 164 Å². The number of para-hydroxylation sites is 2. The molecular formula is C40H27NO. The van der Waals surface area contributed by atoms with Crippen LogP contribution in [0.1, 0.15) is 0 Å². The van der Waals surface area contributed by atoms with Gasteiger partial charge in [0.2, 0.25) is 0 Å². The van der Waals surface area contributed by atoms with Crippen LogP contribution in [0.15, 0.2) is 168 Å². The van der Waals surface area contributed by atoms with Crippen LogP contribution in [0.5, 0.6) is 0 Å². The van der Waals surface area contributed by atoms with Crippen molar-refractivity contribution in [2.45, 2.75) is 0 Å². The van der Waals surface area contributed by atoms with Crippen LogP contribution in [0.4, 0.5) is 17.1 Å². The molecule has 1 aromatic heterocycles. The zero-order valence-electron chi connectivity index (χ0n) is 22.9. The SMILES string of the molecule is c1ccc(-c2ccc(-c3ccc(N(c4ccccc4)c4cc5oc6ccccc6c5c5ccccc45)cc3)cc2)cc1. The van der Waals surface area contributed by atoms with Crippen LogP contribution in [0, 0.1) is 0 Å². The van der Waals surface area contributed by atoms with Crippen LogP contribution in [-0.4, -0.2) is 0 Å². The molecule has 0 N–H and O–H groups in total. The van der Waals surface area contributed by atoms with Crippen LogP contribution in [0.3, 0.4) is 0 Å². The van der Waals surface area contributed by atoms with Gasteiger partial charge in [-0.1, -0.05) is 127 Å². The van der Waals surface area contributed by atoms with Gasteiger partial charge < -0.3 is 9.32 Å². The maximum atomic E-state index is 6.41. The largest absolute Gasteiger partial charge is 0.456 e. The molecule has 0 saturated carbocycles. The Labute approximate surface area is 244 Å². The quantitative estimate of drug-likeness (QED) is 0.217. The summed E-state index contributed by atoms with van der Waals surface area (Å²) in [4.78, 5) is 2.33. The number of hydrogen-bond acceptors (Lipinski definition) is 2. The minimum absolute atomic E-state index is 0.890. The second-order valence-electron chi connectivity index (χ2n) is 10.6. The van der Waals surface area contributed by atoms with Crippen molar-refractivity contribution in [2.75, 3.05) is 4.90 Å². The van der Waals surface area contributed by atoms with Gasteiger partial charge in [-0.05, 0) is 58.0 Å². The van der Waals surface area contributed by atoms with Crippen LogP contribution in [0.2, 0.25) is 0 Å². The highest BCUT2D eigenvalue weighted by atomic mass is 16.3. The van der Waals surface area contributed by atoms with Gasteiger partial charge >= 0.3 is 0 Å². The molecule has 198 valence electrons. The van der Waals surface area contributed by atoms with E-state index >= 15 is 0 Å². The Morgan fingerprint density at radius 3 is 1.50 bits per heavy atom. The van der Waals surface area contributed by atoms with Crippen LogP contribution in [0.25, 0.3) is 55.0 Å². The summed E-state index contributed by atoms with van der Waals surface area (Å²) in [6.07, 6.45) is 0. The van der Waals surface area contributed by atoms with Crippen molar-refractivity contribution in [2.24, 2.45) is 0 Å². The highest BCUT2D eigenvalue weighted by Gasteiger charge is 2.20. The molecule has 0 unspecified atom stereocenters. The zero-order valence-corrected chi connectivity index (χ0v) is 22.9. The summed E-state index contributed by atoms with van der Waals surface area (Å²) in [7, 11) is 0. The first-order valence-corrected chi connectivity index (χ1v) is 14.3.